The Morgan fingerprint density at radius 1 is 0.567 bits per heavy atom. The average molecular weight is 421 g/mol. The predicted molar refractivity (Wildman–Crippen MR) is 135 cm³/mol. The summed E-state index contributed by atoms with van der Waals surface area (Å²) >= 11 is 10.1. The van der Waals surface area contributed by atoms with Gasteiger partial charge < -0.3 is 0 Å². The first-order chi connectivity index (χ1) is 14.7. The van der Waals surface area contributed by atoms with Gasteiger partial charge in [-0.05, 0) is 56.3 Å². The van der Waals surface area contributed by atoms with E-state index >= 15 is 0 Å². The van der Waals surface area contributed by atoms with Gasteiger partial charge in [-0.3, -0.25) is 0 Å². The Hall–Kier alpha value is -2.94. The molecule has 1 aliphatic carbocycles. The molecule has 30 heavy (non-hydrogen) atoms. The Kier molecular flexibility index (Phi) is 5.12. The zero-order chi connectivity index (χ0) is 20.5. The molecule has 0 amide bonds. The molecule has 0 saturated carbocycles. The maximum atomic E-state index is 5.52. The molecule has 0 saturated heterocycles. The lowest BCUT2D eigenvalue weighted by Gasteiger charge is -2.19. The van der Waals surface area contributed by atoms with Crippen molar-refractivity contribution in [2.45, 2.75) is 11.3 Å². The van der Waals surface area contributed by atoms with Crippen molar-refractivity contribution < 1.29 is 0 Å². The van der Waals surface area contributed by atoms with Gasteiger partial charge in [0.25, 0.3) is 0 Å². The number of rotatable bonds is 0. The number of thiocarbonyl (C=S) groups is 1. The Morgan fingerprint density at radius 2 is 1.00 bits per heavy atom. The van der Waals surface area contributed by atoms with E-state index < -0.39 is 0 Å². The van der Waals surface area contributed by atoms with E-state index in [0.717, 1.165) is 16.2 Å². The van der Waals surface area contributed by atoms with Crippen molar-refractivity contribution in [1.82, 2.24) is 0 Å². The molecular formula is C28H20S2. The predicted octanol–water partition coefficient (Wildman–Crippen LogP) is 7.64. The standard InChI is InChI=1S/2C14H10S/c2*15-14-12-7-3-1-5-10(12)9-11-6-2-4-8-13(11)14/h1-8H,9H2;1-9,15H. The molecule has 5 aromatic rings. The van der Waals surface area contributed by atoms with E-state index in [4.69, 9.17) is 12.2 Å². The zero-order valence-electron chi connectivity index (χ0n) is 16.4. The molecule has 1 aliphatic rings. The normalized spacial score (nSPS) is 12.1. The largest absolute Gasteiger partial charge is 0.142 e. The highest BCUT2D eigenvalue weighted by atomic mass is 32.1. The quantitative estimate of drug-likeness (QED) is 0.150. The molecular weight excluding hydrogens is 400 g/mol. The third-order valence-corrected chi connectivity index (χ3v) is 6.57. The van der Waals surface area contributed by atoms with Crippen molar-refractivity contribution in [1.29, 1.82) is 0 Å². The summed E-state index contributed by atoms with van der Waals surface area (Å²) in [6, 6.07) is 35.8. The van der Waals surface area contributed by atoms with E-state index in [1.807, 2.05) is 0 Å². The molecule has 144 valence electrons. The van der Waals surface area contributed by atoms with E-state index in [1.165, 1.54) is 43.8 Å². The smallest absolute Gasteiger partial charge is 0.0527 e. The number of fused-ring (bicyclic) bond motifs is 4. The molecule has 0 atom stereocenters. The fourth-order valence-corrected chi connectivity index (χ4v) is 4.94. The summed E-state index contributed by atoms with van der Waals surface area (Å²) in [5.74, 6) is 0. The summed E-state index contributed by atoms with van der Waals surface area (Å²) in [5.41, 5.74) is 5.15. The van der Waals surface area contributed by atoms with Gasteiger partial charge in [0.05, 0.1) is 4.86 Å². The Balaban J connectivity index is 0.000000128. The molecule has 0 N–H and O–H groups in total. The average Bonchev–Trinajstić information content (AvgIpc) is 2.80. The van der Waals surface area contributed by atoms with Crippen LogP contribution in [0.25, 0.3) is 21.5 Å². The van der Waals surface area contributed by atoms with E-state index in [0.29, 0.717) is 0 Å². The van der Waals surface area contributed by atoms with Gasteiger partial charge in [-0.15, -0.1) is 12.6 Å². The topological polar surface area (TPSA) is 0 Å². The van der Waals surface area contributed by atoms with Crippen molar-refractivity contribution in [2.24, 2.45) is 0 Å². The van der Waals surface area contributed by atoms with Crippen LogP contribution >= 0.6 is 24.8 Å². The summed E-state index contributed by atoms with van der Waals surface area (Å²) in [6.07, 6.45) is 1.01. The van der Waals surface area contributed by atoms with Crippen LogP contribution in [0.1, 0.15) is 22.3 Å². The van der Waals surface area contributed by atoms with Gasteiger partial charge in [-0.2, -0.15) is 0 Å². The number of thiol groups is 1. The Morgan fingerprint density at radius 3 is 1.53 bits per heavy atom. The number of hydrogen-bond donors (Lipinski definition) is 1. The summed E-state index contributed by atoms with van der Waals surface area (Å²) < 4.78 is 0. The molecule has 0 radical (unpaired) electrons. The minimum absolute atomic E-state index is 0.993. The molecule has 0 fully saturated rings. The van der Waals surface area contributed by atoms with Crippen molar-refractivity contribution in [3.63, 3.8) is 0 Å². The molecule has 6 rings (SSSR count). The highest BCUT2D eigenvalue weighted by Gasteiger charge is 2.18. The van der Waals surface area contributed by atoms with Crippen molar-refractivity contribution >= 4 is 51.3 Å². The number of benzene rings is 5. The Bertz CT molecular complexity index is 1300. The fraction of sp³-hybridized carbons (Fsp3) is 0.0357. The van der Waals surface area contributed by atoms with Crippen LogP contribution in [0.3, 0.4) is 0 Å². The van der Waals surface area contributed by atoms with Gasteiger partial charge in [-0.1, -0.05) is 109 Å². The van der Waals surface area contributed by atoms with Crippen LogP contribution in [-0.2, 0) is 6.42 Å². The van der Waals surface area contributed by atoms with Crippen molar-refractivity contribution in [3.05, 3.63) is 125 Å². The van der Waals surface area contributed by atoms with Gasteiger partial charge in [0.2, 0.25) is 0 Å². The molecule has 0 bridgehead atoms. The molecule has 0 unspecified atom stereocenters. The zero-order valence-corrected chi connectivity index (χ0v) is 18.1. The maximum Gasteiger partial charge on any atom is 0.0527 e. The van der Waals surface area contributed by atoms with Gasteiger partial charge >= 0.3 is 0 Å². The molecule has 0 aliphatic heterocycles. The van der Waals surface area contributed by atoms with E-state index in [9.17, 15) is 0 Å². The Labute approximate surface area is 187 Å². The summed E-state index contributed by atoms with van der Waals surface area (Å²) in [6.45, 7) is 0. The van der Waals surface area contributed by atoms with Crippen LogP contribution < -0.4 is 0 Å². The van der Waals surface area contributed by atoms with Gasteiger partial charge in [0.15, 0.2) is 0 Å². The monoisotopic (exact) mass is 420 g/mol. The van der Waals surface area contributed by atoms with E-state index in [2.05, 4.69) is 116 Å². The van der Waals surface area contributed by atoms with Crippen molar-refractivity contribution in [3.8, 4) is 0 Å². The van der Waals surface area contributed by atoms with Crippen LogP contribution in [0.4, 0.5) is 0 Å². The summed E-state index contributed by atoms with van der Waals surface area (Å²) in [5, 5.41) is 4.95. The van der Waals surface area contributed by atoms with Crippen LogP contribution in [0, 0.1) is 0 Å². The van der Waals surface area contributed by atoms with E-state index in [1.54, 1.807) is 0 Å². The third kappa shape index (κ3) is 3.43. The lowest BCUT2D eigenvalue weighted by molar-refractivity contribution is 1.16. The molecule has 0 spiro atoms. The van der Waals surface area contributed by atoms with Gasteiger partial charge in [-0.25, -0.2) is 0 Å². The highest BCUT2D eigenvalue weighted by molar-refractivity contribution is 7.81. The molecule has 5 aromatic carbocycles. The van der Waals surface area contributed by atoms with Crippen LogP contribution in [0.15, 0.2) is 108 Å². The SMILES string of the molecule is S=C1c2ccccc2Cc2ccccc21.Sc1c2ccccc2cc2ccccc12. The summed E-state index contributed by atoms with van der Waals surface area (Å²) in [7, 11) is 0. The van der Waals surface area contributed by atoms with Crippen LogP contribution in [-0.4, -0.2) is 4.86 Å². The first-order valence-electron chi connectivity index (χ1n) is 10.0. The lowest BCUT2D eigenvalue weighted by atomic mass is 9.86. The van der Waals surface area contributed by atoms with Crippen LogP contribution in [0.2, 0.25) is 0 Å². The third-order valence-electron chi connectivity index (χ3n) is 5.65. The first kappa shape index (κ1) is 19.0. The molecule has 0 heterocycles. The highest BCUT2D eigenvalue weighted by Crippen LogP contribution is 2.30. The fourth-order valence-electron chi connectivity index (χ4n) is 4.13. The molecule has 0 aromatic heterocycles. The van der Waals surface area contributed by atoms with Gasteiger partial charge in [0.1, 0.15) is 0 Å². The van der Waals surface area contributed by atoms with Gasteiger partial charge in [0, 0.05) is 4.90 Å². The lowest BCUT2D eigenvalue weighted by Crippen LogP contribution is -2.13. The van der Waals surface area contributed by atoms with Crippen LogP contribution in [0.5, 0.6) is 0 Å². The first-order valence-corrected chi connectivity index (χ1v) is 10.9. The second kappa shape index (κ2) is 8.06. The minimum atomic E-state index is 0.993. The molecule has 2 heteroatoms. The van der Waals surface area contributed by atoms with Crippen molar-refractivity contribution in [2.75, 3.05) is 0 Å². The second-order valence-electron chi connectivity index (χ2n) is 7.49. The molecule has 0 nitrogen and oxygen atoms in total. The second-order valence-corrected chi connectivity index (χ2v) is 8.34. The number of hydrogen-bond acceptors (Lipinski definition) is 2. The maximum absolute atomic E-state index is 5.52. The van der Waals surface area contributed by atoms with E-state index in [-0.39, 0.29) is 0 Å². The minimum Gasteiger partial charge on any atom is -0.142 e. The summed E-state index contributed by atoms with van der Waals surface area (Å²) in [4.78, 5) is 2.07.